The molecule has 1 aliphatic rings. The van der Waals surface area contributed by atoms with Crippen molar-refractivity contribution < 1.29 is 28.9 Å². The minimum atomic E-state index is -1.07. The van der Waals surface area contributed by atoms with E-state index in [1.165, 1.54) is 12.3 Å². The number of aromatic nitrogens is 1. The Hall–Kier alpha value is -3.69. The highest BCUT2D eigenvalue weighted by Crippen LogP contribution is 2.43. The zero-order valence-electron chi connectivity index (χ0n) is 22.5. The maximum absolute atomic E-state index is 14.6. The summed E-state index contributed by atoms with van der Waals surface area (Å²) in [6.07, 6.45) is 4.31. The number of halogens is 3. The van der Waals surface area contributed by atoms with Crippen LogP contribution >= 0.6 is 23.2 Å². The van der Waals surface area contributed by atoms with Crippen LogP contribution < -0.4 is 14.8 Å². The fourth-order valence-corrected chi connectivity index (χ4v) is 5.56. The van der Waals surface area contributed by atoms with Crippen LogP contribution in [0.15, 0.2) is 73.1 Å². The molecule has 10 heteroatoms. The highest BCUT2D eigenvalue weighted by molar-refractivity contribution is 6.32. The van der Waals surface area contributed by atoms with Crippen molar-refractivity contribution in [2.45, 2.75) is 44.6 Å². The molecule has 4 aromatic rings. The van der Waals surface area contributed by atoms with E-state index in [9.17, 15) is 19.4 Å². The van der Waals surface area contributed by atoms with Gasteiger partial charge in [-0.15, -0.1) is 0 Å². The van der Waals surface area contributed by atoms with Crippen molar-refractivity contribution in [3.63, 3.8) is 0 Å². The Morgan fingerprint density at radius 2 is 1.88 bits per heavy atom. The number of fused-ring (bicyclic) bond motifs is 1. The van der Waals surface area contributed by atoms with E-state index in [1.807, 2.05) is 24.3 Å². The molecule has 0 bridgehead atoms. The number of aliphatic hydroxyl groups excluding tert-OH is 1. The van der Waals surface area contributed by atoms with Crippen molar-refractivity contribution in [2.24, 2.45) is 0 Å². The van der Waals surface area contributed by atoms with Crippen LogP contribution in [-0.2, 0) is 24.4 Å². The van der Waals surface area contributed by atoms with Crippen molar-refractivity contribution in [3.8, 4) is 22.6 Å². The standard InChI is InChI=1S/C32H29Cl2FN2O5/c33-21-12-19(15-36-17-21)18-41-30-14-31(26(34)13-20(30)16-37-28(10-11-38)32(39)40)42-29-9-8-23-22(5-3-6-25(23)29)24-4-1-2-7-27(24)35/h1-7,12-15,17,28-29,37-38H,8-11,16,18H2,(H,39,40)/t28-,29-/m0/s1. The highest BCUT2D eigenvalue weighted by Gasteiger charge is 2.28. The van der Waals surface area contributed by atoms with Gasteiger partial charge in [-0.2, -0.15) is 0 Å². The van der Waals surface area contributed by atoms with Crippen LogP contribution in [0.2, 0.25) is 10.0 Å². The second-order valence-electron chi connectivity index (χ2n) is 9.97. The van der Waals surface area contributed by atoms with Gasteiger partial charge < -0.3 is 25.0 Å². The monoisotopic (exact) mass is 610 g/mol. The van der Waals surface area contributed by atoms with Gasteiger partial charge in [-0.3, -0.25) is 9.78 Å². The number of ether oxygens (including phenoxy) is 2. The number of pyridine rings is 1. The van der Waals surface area contributed by atoms with E-state index >= 15 is 0 Å². The summed E-state index contributed by atoms with van der Waals surface area (Å²) in [6.45, 7) is 0.00135. The number of benzene rings is 3. The molecule has 0 amide bonds. The third-order valence-corrected chi connectivity index (χ3v) is 7.68. The van der Waals surface area contributed by atoms with E-state index in [0.29, 0.717) is 39.1 Å². The van der Waals surface area contributed by atoms with E-state index in [0.717, 1.165) is 28.7 Å². The minimum Gasteiger partial charge on any atom is -0.488 e. The summed E-state index contributed by atoms with van der Waals surface area (Å²) >= 11 is 12.8. The zero-order chi connectivity index (χ0) is 29.6. The Balaban J connectivity index is 1.42. The lowest BCUT2D eigenvalue weighted by Gasteiger charge is -2.20. The largest absolute Gasteiger partial charge is 0.488 e. The van der Waals surface area contributed by atoms with E-state index in [1.54, 1.807) is 36.5 Å². The Labute approximate surface area is 252 Å². The van der Waals surface area contributed by atoms with Crippen LogP contribution in [0.1, 0.15) is 41.2 Å². The maximum Gasteiger partial charge on any atom is 0.320 e. The van der Waals surface area contributed by atoms with Gasteiger partial charge in [0.25, 0.3) is 0 Å². The Bertz CT molecular complexity index is 1580. The molecule has 42 heavy (non-hydrogen) atoms. The van der Waals surface area contributed by atoms with E-state index < -0.39 is 12.0 Å². The third-order valence-electron chi connectivity index (χ3n) is 7.17. The molecule has 7 nitrogen and oxygen atoms in total. The predicted octanol–water partition coefficient (Wildman–Crippen LogP) is 6.77. The molecule has 2 atom stereocenters. The molecule has 218 valence electrons. The number of carboxylic acids is 1. The molecule has 0 unspecified atom stereocenters. The van der Waals surface area contributed by atoms with Gasteiger partial charge in [0.15, 0.2) is 0 Å². The van der Waals surface area contributed by atoms with Crippen molar-refractivity contribution in [1.29, 1.82) is 0 Å². The van der Waals surface area contributed by atoms with Gasteiger partial charge in [-0.25, -0.2) is 4.39 Å². The highest BCUT2D eigenvalue weighted by atomic mass is 35.5. The average Bonchev–Trinajstić information content (AvgIpc) is 3.39. The van der Waals surface area contributed by atoms with Crippen LogP contribution in [-0.4, -0.2) is 33.8 Å². The zero-order valence-corrected chi connectivity index (χ0v) is 24.0. The summed E-state index contributed by atoms with van der Waals surface area (Å²) in [6, 6.07) is 16.7. The number of rotatable bonds is 12. The molecule has 0 radical (unpaired) electrons. The summed E-state index contributed by atoms with van der Waals surface area (Å²) in [7, 11) is 0. The van der Waals surface area contributed by atoms with Gasteiger partial charge in [-0.05, 0) is 54.2 Å². The second kappa shape index (κ2) is 13.5. The van der Waals surface area contributed by atoms with Gasteiger partial charge in [0, 0.05) is 48.3 Å². The van der Waals surface area contributed by atoms with Crippen molar-refractivity contribution in [2.75, 3.05) is 6.61 Å². The predicted molar refractivity (Wildman–Crippen MR) is 159 cm³/mol. The number of aliphatic carboxylic acids is 1. The molecule has 0 spiro atoms. The Kier molecular flexibility index (Phi) is 9.59. The Morgan fingerprint density at radius 3 is 2.64 bits per heavy atom. The first kappa shape index (κ1) is 29.8. The van der Waals surface area contributed by atoms with E-state index in [4.69, 9.17) is 32.7 Å². The second-order valence-corrected chi connectivity index (χ2v) is 10.8. The number of aliphatic hydroxyl groups is 1. The lowest BCUT2D eigenvalue weighted by molar-refractivity contribution is -0.140. The molecule has 1 aromatic heterocycles. The van der Waals surface area contributed by atoms with E-state index in [-0.39, 0.29) is 38.1 Å². The third kappa shape index (κ3) is 6.85. The van der Waals surface area contributed by atoms with Crippen LogP contribution in [0.4, 0.5) is 4.39 Å². The molecular weight excluding hydrogens is 582 g/mol. The number of nitrogens with zero attached hydrogens (tertiary/aromatic N) is 1. The van der Waals surface area contributed by atoms with Crippen LogP contribution in [0.5, 0.6) is 11.5 Å². The summed E-state index contributed by atoms with van der Waals surface area (Å²) in [5.41, 5.74) is 4.76. The van der Waals surface area contributed by atoms with Crippen LogP contribution in [0.3, 0.4) is 0 Å². The summed E-state index contributed by atoms with van der Waals surface area (Å²) in [4.78, 5) is 15.7. The molecule has 0 aliphatic heterocycles. The number of carbonyl (C=O) groups is 1. The first-order valence-electron chi connectivity index (χ1n) is 13.5. The first-order chi connectivity index (χ1) is 20.3. The fraction of sp³-hybridized carbons (Fsp3) is 0.250. The number of carboxylic acid groups (broad SMARTS) is 1. The Morgan fingerprint density at radius 1 is 1.07 bits per heavy atom. The number of hydrogen-bond acceptors (Lipinski definition) is 6. The topological polar surface area (TPSA) is 101 Å². The van der Waals surface area contributed by atoms with E-state index in [2.05, 4.69) is 10.3 Å². The molecule has 5 rings (SSSR count). The number of hydrogen-bond donors (Lipinski definition) is 3. The van der Waals surface area contributed by atoms with Crippen molar-refractivity contribution in [1.82, 2.24) is 10.3 Å². The SMILES string of the molecule is O=C(O)[C@H](CCO)NCc1cc(Cl)c(O[C@H]2CCc3c(-c4ccccc4F)cccc32)cc1OCc1cncc(Cl)c1. The quantitative estimate of drug-likeness (QED) is 0.163. The molecular formula is C32H29Cl2FN2O5. The van der Waals surface area contributed by atoms with Gasteiger partial charge in [-0.1, -0.05) is 59.6 Å². The van der Waals surface area contributed by atoms with Crippen molar-refractivity contribution >= 4 is 29.2 Å². The lowest BCUT2D eigenvalue weighted by Crippen LogP contribution is -2.37. The molecule has 3 N–H and O–H groups in total. The molecule has 0 saturated heterocycles. The number of nitrogens with one attached hydrogen (secondary N) is 1. The summed E-state index contributed by atoms with van der Waals surface area (Å²) in [5.74, 6) is -0.507. The van der Waals surface area contributed by atoms with Gasteiger partial charge in [0.2, 0.25) is 0 Å². The normalized spacial score (nSPS) is 14.8. The average molecular weight is 611 g/mol. The van der Waals surface area contributed by atoms with Crippen LogP contribution in [0, 0.1) is 5.82 Å². The first-order valence-corrected chi connectivity index (χ1v) is 14.2. The molecule has 0 fully saturated rings. The molecule has 3 aromatic carbocycles. The van der Waals surface area contributed by atoms with Crippen LogP contribution in [0.25, 0.3) is 11.1 Å². The van der Waals surface area contributed by atoms with Gasteiger partial charge in [0.1, 0.15) is 36.1 Å². The maximum atomic E-state index is 14.6. The fourth-order valence-electron chi connectivity index (χ4n) is 5.13. The molecule has 1 heterocycles. The smallest absolute Gasteiger partial charge is 0.320 e. The lowest BCUT2D eigenvalue weighted by atomic mass is 9.96. The van der Waals surface area contributed by atoms with Gasteiger partial charge in [0.05, 0.1) is 10.0 Å². The summed E-state index contributed by atoms with van der Waals surface area (Å²) in [5, 5.41) is 22.5. The minimum absolute atomic E-state index is 0.0462. The van der Waals surface area contributed by atoms with Gasteiger partial charge >= 0.3 is 5.97 Å². The molecule has 0 saturated carbocycles. The van der Waals surface area contributed by atoms with Crippen molar-refractivity contribution in [3.05, 3.63) is 111 Å². The summed E-state index contributed by atoms with van der Waals surface area (Å²) < 4.78 is 27.2. The molecule has 1 aliphatic carbocycles.